The Hall–Kier alpha value is -1.62. The third-order valence-corrected chi connectivity index (χ3v) is 2.98. The molecule has 2 rings (SSSR count). The molecule has 1 unspecified atom stereocenters. The van der Waals surface area contributed by atoms with Gasteiger partial charge in [0.15, 0.2) is 0 Å². The van der Waals surface area contributed by atoms with Gasteiger partial charge in [0.25, 0.3) is 5.91 Å². The van der Waals surface area contributed by atoms with E-state index in [0.29, 0.717) is 6.54 Å². The van der Waals surface area contributed by atoms with Crippen LogP contribution in [0, 0.1) is 5.82 Å². The number of carbonyl (C=O) groups is 1. The maximum absolute atomic E-state index is 13.0. The van der Waals surface area contributed by atoms with Crippen molar-refractivity contribution in [3.8, 4) is 5.75 Å². The molecule has 1 saturated heterocycles. The second-order valence-electron chi connectivity index (χ2n) is 4.34. The third kappa shape index (κ3) is 3.20. The van der Waals surface area contributed by atoms with Crippen LogP contribution in [0.1, 0.15) is 29.6 Å². The standard InChI is InChI=1S/C13H16FNO3/c14-9-3-4-12(16)11(8-9)13(17)15-6-5-10-2-1-7-18-10/h3-4,8,10,16H,1-2,5-7H2,(H,15,17). The lowest BCUT2D eigenvalue weighted by Gasteiger charge is -2.10. The smallest absolute Gasteiger partial charge is 0.255 e. The van der Waals surface area contributed by atoms with Crippen molar-refractivity contribution in [2.45, 2.75) is 25.4 Å². The van der Waals surface area contributed by atoms with Crippen LogP contribution in [0.3, 0.4) is 0 Å². The number of phenolic OH excluding ortho intramolecular Hbond substituents is 1. The second-order valence-corrected chi connectivity index (χ2v) is 4.34. The van der Waals surface area contributed by atoms with Crippen molar-refractivity contribution in [3.05, 3.63) is 29.6 Å². The Kier molecular flexibility index (Phi) is 4.15. The molecule has 0 spiro atoms. The minimum absolute atomic E-state index is 0.0395. The number of carbonyl (C=O) groups excluding carboxylic acids is 1. The number of nitrogens with one attached hydrogen (secondary N) is 1. The van der Waals surface area contributed by atoms with Gasteiger partial charge in [0, 0.05) is 13.2 Å². The summed E-state index contributed by atoms with van der Waals surface area (Å²) in [5, 5.41) is 12.1. The molecular weight excluding hydrogens is 237 g/mol. The van der Waals surface area contributed by atoms with Gasteiger partial charge in [0.05, 0.1) is 11.7 Å². The number of phenols is 1. The van der Waals surface area contributed by atoms with Gasteiger partial charge in [-0.3, -0.25) is 4.79 Å². The summed E-state index contributed by atoms with van der Waals surface area (Å²) >= 11 is 0. The molecule has 5 heteroatoms. The predicted molar refractivity (Wildman–Crippen MR) is 64.0 cm³/mol. The van der Waals surface area contributed by atoms with Crippen molar-refractivity contribution in [3.63, 3.8) is 0 Å². The van der Waals surface area contributed by atoms with Crippen LogP contribution < -0.4 is 5.32 Å². The van der Waals surface area contributed by atoms with E-state index in [1.807, 2.05) is 0 Å². The van der Waals surface area contributed by atoms with Gasteiger partial charge in [-0.1, -0.05) is 0 Å². The molecule has 2 N–H and O–H groups in total. The number of ether oxygens (including phenoxy) is 1. The third-order valence-electron chi connectivity index (χ3n) is 2.98. The largest absolute Gasteiger partial charge is 0.507 e. The number of hydrogen-bond acceptors (Lipinski definition) is 3. The minimum atomic E-state index is -0.544. The topological polar surface area (TPSA) is 58.6 Å². The zero-order chi connectivity index (χ0) is 13.0. The molecule has 4 nitrogen and oxygen atoms in total. The molecule has 1 aromatic carbocycles. The molecule has 0 saturated carbocycles. The van der Waals surface area contributed by atoms with Gasteiger partial charge < -0.3 is 15.2 Å². The summed E-state index contributed by atoms with van der Waals surface area (Å²) in [7, 11) is 0. The molecule has 1 fully saturated rings. The summed E-state index contributed by atoms with van der Waals surface area (Å²) in [4.78, 5) is 11.7. The van der Waals surface area contributed by atoms with E-state index in [9.17, 15) is 14.3 Å². The first-order valence-electron chi connectivity index (χ1n) is 6.05. The maximum Gasteiger partial charge on any atom is 0.255 e. The number of hydrogen-bond donors (Lipinski definition) is 2. The van der Waals surface area contributed by atoms with E-state index >= 15 is 0 Å². The molecule has 1 heterocycles. The summed E-state index contributed by atoms with van der Waals surface area (Å²) in [6.45, 7) is 1.24. The normalized spacial score (nSPS) is 18.8. The molecule has 1 atom stereocenters. The van der Waals surface area contributed by atoms with Crippen molar-refractivity contribution in [1.29, 1.82) is 0 Å². The highest BCUT2D eigenvalue weighted by Crippen LogP contribution is 2.18. The highest BCUT2D eigenvalue weighted by atomic mass is 19.1. The predicted octanol–water partition coefficient (Wildman–Crippen LogP) is 1.83. The fraction of sp³-hybridized carbons (Fsp3) is 0.462. The molecule has 98 valence electrons. The van der Waals surface area contributed by atoms with E-state index in [0.717, 1.165) is 38.0 Å². The molecule has 1 aliphatic rings. The Balaban J connectivity index is 1.85. The molecule has 0 aliphatic carbocycles. The Labute approximate surface area is 105 Å². The summed E-state index contributed by atoms with van der Waals surface area (Å²) in [5.74, 6) is -1.23. The van der Waals surface area contributed by atoms with E-state index < -0.39 is 11.7 Å². The van der Waals surface area contributed by atoms with Crippen molar-refractivity contribution in [1.82, 2.24) is 5.32 Å². The lowest BCUT2D eigenvalue weighted by molar-refractivity contribution is 0.0905. The molecule has 0 aromatic heterocycles. The Bertz CT molecular complexity index is 430. The van der Waals surface area contributed by atoms with Gasteiger partial charge in [-0.15, -0.1) is 0 Å². The highest BCUT2D eigenvalue weighted by molar-refractivity contribution is 5.96. The van der Waals surface area contributed by atoms with Gasteiger partial charge >= 0.3 is 0 Å². The number of halogens is 1. The summed E-state index contributed by atoms with van der Waals surface area (Å²) in [6, 6.07) is 3.31. The first-order chi connectivity index (χ1) is 8.66. The molecule has 0 radical (unpaired) electrons. The van der Waals surface area contributed by atoms with Crippen LogP contribution in [-0.2, 0) is 4.74 Å². The lowest BCUT2D eigenvalue weighted by Crippen LogP contribution is -2.27. The van der Waals surface area contributed by atoms with Crippen LogP contribution in [0.25, 0.3) is 0 Å². The molecule has 18 heavy (non-hydrogen) atoms. The second kappa shape index (κ2) is 5.82. The zero-order valence-electron chi connectivity index (χ0n) is 9.99. The molecule has 1 aromatic rings. The number of rotatable bonds is 4. The Morgan fingerprint density at radius 1 is 1.56 bits per heavy atom. The van der Waals surface area contributed by atoms with E-state index in [1.54, 1.807) is 0 Å². The Morgan fingerprint density at radius 3 is 3.11 bits per heavy atom. The summed E-state index contributed by atoms with van der Waals surface area (Å²) in [6.07, 6.45) is 3.01. The van der Waals surface area contributed by atoms with Gasteiger partial charge in [-0.25, -0.2) is 4.39 Å². The quantitative estimate of drug-likeness (QED) is 0.860. The van der Waals surface area contributed by atoms with E-state index in [2.05, 4.69) is 5.32 Å². The Morgan fingerprint density at radius 2 is 2.39 bits per heavy atom. The van der Waals surface area contributed by atoms with Gasteiger partial charge in [-0.2, -0.15) is 0 Å². The average Bonchev–Trinajstić information content (AvgIpc) is 2.85. The van der Waals surface area contributed by atoms with E-state index in [-0.39, 0.29) is 17.4 Å². The van der Waals surface area contributed by atoms with Crippen molar-refractivity contribution < 1.29 is 19.0 Å². The zero-order valence-corrected chi connectivity index (χ0v) is 9.99. The molecule has 1 aliphatic heterocycles. The van der Waals surface area contributed by atoms with Crippen LogP contribution in [0.5, 0.6) is 5.75 Å². The number of benzene rings is 1. The van der Waals surface area contributed by atoms with Crippen molar-refractivity contribution in [2.24, 2.45) is 0 Å². The van der Waals surface area contributed by atoms with Crippen LogP contribution in [-0.4, -0.2) is 30.3 Å². The first kappa shape index (κ1) is 12.8. The van der Waals surface area contributed by atoms with Crippen molar-refractivity contribution in [2.75, 3.05) is 13.2 Å². The number of aromatic hydroxyl groups is 1. The lowest BCUT2D eigenvalue weighted by atomic mass is 10.1. The van der Waals surface area contributed by atoms with Crippen LogP contribution in [0.4, 0.5) is 4.39 Å². The molecular formula is C13H16FNO3. The molecule has 1 amide bonds. The fourth-order valence-corrected chi connectivity index (χ4v) is 2.00. The SMILES string of the molecule is O=C(NCCC1CCCO1)c1cc(F)ccc1O. The summed E-state index contributed by atoms with van der Waals surface area (Å²) < 4.78 is 18.4. The highest BCUT2D eigenvalue weighted by Gasteiger charge is 2.16. The average molecular weight is 253 g/mol. The summed E-state index contributed by atoms with van der Waals surface area (Å²) in [5.41, 5.74) is -0.0395. The monoisotopic (exact) mass is 253 g/mol. The van der Waals surface area contributed by atoms with Gasteiger partial charge in [0.1, 0.15) is 11.6 Å². The maximum atomic E-state index is 13.0. The first-order valence-corrected chi connectivity index (χ1v) is 6.05. The van der Waals surface area contributed by atoms with Crippen LogP contribution >= 0.6 is 0 Å². The van der Waals surface area contributed by atoms with Gasteiger partial charge in [-0.05, 0) is 37.5 Å². The fourth-order valence-electron chi connectivity index (χ4n) is 2.00. The van der Waals surface area contributed by atoms with Crippen LogP contribution in [0.15, 0.2) is 18.2 Å². The van der Waals surface area contributed by atoms with Gasteiger partial charge in [0.2, 0.25) is 0 Å². The molecule has 0 bridgehead atoms. The number of amides is 1. The van der Waals surface area contributed by atoms with Crippen LogP contribution in [0.2, 0.25) is 0 Å². The van der Waals surface area contributed by atoms with E-state index in [4.69, 9.17) is 4.74 Å². The minimum Gasteiger partial charge on any atom is -0.507 e. The van der Waals surface area contributed by atoms with E-state index in [1.165, 1.54) is 6.07 Å². The van der Waals surface area contributed by atoms with Crippen molar-refractivity contribution >= 4 is 5.91 Å².